The van der Waals surface area contributed by atoms with Crippen molar-refractivity contribution in [1.29, 1.82) is 0 Å². The fourth-order valence-electron chi connectivity index (χ4n) is 3.10. The number of carbonyl (C=O) groups excluding carboxylic acids is 3. The third-order valence-corrected chi connectivity index (χ3v) is 6.01. The zero-order chi connectivity index (χ0) is 26.4. The average molecular weight is 505 g/mol. The quantitative estimate of drug-likeness (QED) is 0.164. The molecular formula is C22H40N4O7S. The molecule has 3 amide bonds. The normalized spacial score (nSPS) is 15.5. The number of thioether (sulfide) groups is 1. The monoisotopic (exact) mass is 504 g/mol. The summed E-state index contributed by atoms with van der Waals surface area (Å²) in [5.74, 6) is -4.02. The highest BCUT2D eigenvalue weighted by Gasteiger charge is 2.32. The van der Waals surface area contributed by atoms with Crippen LogP contribution in [0, 0.1) is 11.8 Å². The van der Waals surface area contributed by atoms with Crippen molar-refractivity contribution in [3.63, 3.8) is 0 Å². The summed E-state index contributed by atoms with van der Waals surface area (Å²) in [6, 6.07) is -4.26. The van der Waals surface area contributed by atoms with E-state index in [-0.39, 0.29) is 31.1 Å². The molecule has 5 unspecified atom stereocenters. The maximum absolute atomic E-state index is 13.0. The summed E-state index contributed by atoms with van der Waals surface area (Å²) in [7, 11) is 0. The van der Waals surface area contributed by atoms with E-state index in [1.165, 1.54) is 11.8 Å². The van der Waals surface area contributed by atoms with Gasteiger partial charge in [-0.25, -0.2) is 4.79 Å². The number of rotatable bonds is 17. The van der Waals surface area contributed by atoms with Gasteiger partial charge in [-0.1, -0.05) is 34.1 Å². The topological polar surface area (TPSA) is 188 Å². The van der Waals surface area contributed by atoms with Crippen LogP contribution in [0.5, 0.6) is 0 Å². The Kier molecular flexibility index (Phi) is 15.2. The number of carboxylic acids is 2. The van der Waals surface area contributed by atoms with Gasteiger partial charge in [0.05, 0.1) is 6.04 Å². The summed E-state index contributed by atoms with van der Waals surface area (Å²) in [5, 5.41) is 26.0. The highest BCUT2D eigenvalue weighted by atomic mass is 32.2. The summed E-state index contributed by atoms with van der Waals surface area (Å²) in [6.45, 7) is 7.18. The van der Waals surface area contributed by atoms with E-state index in [4.69, 9.17) is 10.8 Å². The lowest BCUT2D eigenvalue weighted by atomic mass is 9.97. The Hall–Kier alpha value is -2.34. The molecular weight excluding hydrogens is 464 g/mol. The maximum atomic E-state index is 13.0. The van der Waals surface area contributed by atoms with E-state index < -0.39 is 53.8 Å². The van der Waals surface area contributed by atoms with E-state index in [1.54, 1.807) is 13.8 Å². The summed E-state index contributed by atoms with van der Waals surface area (Å²) >= 11 is 1.51. The molecule has 5 atom stereocenters. The Balaban J connectivity index is 5.56. The first-order valence-corrected chi connectivity index (χ1v) is 12.8. The first kappa shape index (κ1) is 31.7. The van der Waals surface area contributed by atoms with Crippen molar-refractivity contribution in [2.75, 3.05) is 12.0 Å². The fraction of sp³-hybridized carbons (Fsp3) is 0.773. The number of aliphatic carboxylic acids is 2. The van der Waals surface area contributed by atoms with Gasteiger partial charge >= 0.3 is 11.9 Å². The number of amides is 3. The van der Waals surface area contributed by atoms with E-state index in [2.05, 4.69) is 16.0 Å². The van der Waals surface area contributed by atoms with Crippen molar-refractivity contribution in [3.8, 4) is 0 Å². The number of carboxylic acid groups (broad SMARTS) is 2. The first-order valence-electron chi connectivity index (χ1n) is 11.4. The molecule has 0 saturated heterocycles. The van der Waals surface area contributed by atoms with Gasteiger partial charge in [-0.15, -0.1) is 0 Å². The SMILES string of the molecule is CCC(C)C(NC(=O)C(CC(C)C)NC(=O)C(CCC(=O)O)NC(=O)C(N)CCSC)C(=O)O. The van der Waals surface area contributed by atoms with Crippen LogP contribution in [0.3, 0.4) is 0 Å². The number of hydrogen-bond donors (Lipinski definition) is 6. The predicted molar refractivity (Wildman–Crippen MR) is 130 cm³/mol. The third-order valence-electron chi connectivity index (χ3n) is 5.37. The smallest absolute Gasteiger partial charge is 0.326 e. The highest BCUT2D eigenvalue weighted by Crippen LogP contribution is 2.11. The Labute approximate surface area is 205 Å². The van der Waals surface area contributed by atoms with Crippen molar-refractivity contribution in [1.82, 2.24) is 16.0 Å². The van der Waals surface area contributed by atoms with Gasteiger partial charge in [0.1, 0.15) is 18.1 Å². The molecule has 12 heteroatoms. The molecule has 0 bridgehead atoms. The van der Waals surface area contributed by atoms with Crippen molar-refractivity contribution >= 4 is 41.4 Å². The molecule has 0 aromatic rings. The van der Waals surface area contributed by atoms with Gasteiger partial charge in [0.2, 0.25) is 17.7 Å². The van der Waals surface area contributed by atoms with Crippen LogP contribution in [-0.2, 0) is 24.0 Å². The molecule has 0 aliphatic carbocycles. The van der Waals surface area contributed by atoms with E-state index in [0.717, 1.165) is 0 Å². The molecule has 0 rings (SSSR count). The summed E-state index contributed by atoms with van der Waals surface area (Å²) in [4.78, 5) is 60.9. The molecule has 0 aromatic heterocycles. The van der Waals surface area contributed by atoms with Gasteiger partial charge in [0.15, 0.2) is 0 Å². The lowest BCUT2D eigenvalue weighted by Gasteiger charge is -2.27. The zero-order valence-corrected chi connectivity index (χ0v) is 21.4. The summed E-state index contributed by atoms with van der Waals surface area (Å²) in [5.41, 5.74) is 5.85. The van der Waals surface area contributed by atoms with Gasteiger partial charge in [0, 0.05) is 6.42 Å². The van der Waals surface area contributed by atoms with Crippen molar-refractivity contribution < 1.29 is 34.2 Å². The van der Waals surface area contributed by atoms with E-state index in [0.29, 0.717) is 18.6 Å². The molecule has 0 aromatic carbocycles. The summed E-state index contributed by atoms with van der Waals surface area (Å²) in [6.07, 6.45) is 2.42. The maximum Gasteiger partial charge on any atom is 0.326 e. The van der Waals surface area contributed by atoms with Gasteiger partial charge in [0.25, 0.3) is 0 Å². The van der Waals surface area contributed by atoms with Gasteiger partial charge < -0.3 is 31.9 Å². The lowest BCUT2D eigenvalue weighted by molar-refractivity contribution is -0.144. The van der Waals surface area contributed by atoms with Gasteiger partial charge in [-0.05, 0) is 43.1 Å². The minimum atomic E-state index is -1.21. The van der Waals surface area contributed by atoms with Crippen molar-refractivity contribution in [3.05, 3.63) is 0 Å². The van der Waals surface area contributed by atoms with E-state index in [9.17, 15) is 29.1 Å². The van der Waals surface area contributed by atoms with Crippen LogP contribution in [-0.4, -0.2) is 76.0 Å². The minimum absolute atomic E-state index is 0.0186. The third kappa shape index (κ3) is 12.2. The highest BCUT2D eigenvalue weighted by molar-refractivity contribution is 7.98. The predicted octanol–water partition coefficient (Wildman–Crippen LogP) is 0.563. The Morgan fingerprint density at radius 3 is 1.91 bits per heavy atom. The molecule has 11 nitrogen and oxygen atoms in total. The van der Waals surface area contributed by atoms with Crippen LogP contribution in [0.4, 0.5) is 0 Å². The van der Waals surface area contributed by atoms with E-state index >= 15 is 0 Å². The standard InChI is InChI=1S/C22H40N4O7S/c1-6-13(4)18(22(32)33)26-21(31)16(11-12(2)3)25-20(30)15(7-8-17(27)28)24-19(29)14(23)9-10-34-5/h12-16,18H,6-11,23H2,1-5H3,(H,24,29)(H,25,30)(H,26,31)(H,27,28)(H,32,33). The number of nitrogens with one attached hydrogen (secondary N) is 3. The zero-order valence-electron chi connectivity index (χ0n) is 20.6. The van der Waals surface area contributed by atoms with Crippen LogP contribution in [0.2, 0.25) is 0 Å². The minimum Gasteiger partial charge on any atom is -0.481 e. The van der Waals surface area contributed by atoms with E-state index in [1.807, 2.05) is 20.1 Å². The number of hydrogen-bond acceptors (Lipinski definition) is 7. The van der Waals surface area contributed by atoms with Crippen LogP contribution in [0.15, 0.2) is 0 Å². The lowest BCUT2D eigenvalue weighted by Crippen LogP contribution is -2.58. The van der Waals surface area contributed by atoms with Crippen molar-refractivity contribution in [2.24, 2.45) is 17.6 Å². The molecule has 0 aliphatic rings. The molecule has 7 N–H and O–H groups in total. The first-order chi connectivity index (χ1) is 15.8. The molecule has 0 spiro atoms. The molecule has 0 heterocycles. The fourth-order valence-corrected chi connectivity index (χ4v) is 3.59. The summed E-state index contributed by atoms with van der Waals surface area (Å²) < 4.78 is 0. The molecule has 0 fully saturated rings. The average Bonchev–Trinajstić information content (AvgIpc) is 2.76. The Morgan fingerprint density at radius 2 is 1.44 bits per heavy atom. The second-order valence-electron chi connectivity index (χ2n) is 8.78. The molecule has 34 heavy (non-hydrogen) atoms. The number of carbonyl (C=O) groups is 5. The molecule has 196 valence electrons. The molecule has 0 aliphatic heterocycles. The van der Waals surface area contributed by atoms with Crippen LogP contribution in [0.1, 0.15) is 59.8 Å². The molecule has 0 saturated carbocycles. The van der Waals surface area contributed by atoms with Crippen LogP contribution >= 0.6 is 11.8 Å². The number of nitrogens with two attached hydrogens (primary N) is 1. The van der Waals surface area contributed by atoms with Crippen LogP contribution in [0.25, 0.3) is 0 Å². The Morgan fingerprint density at radius 1 is 0.882 bits per heavy atom. The van der Waals surface area contributed by atoms with Gasteiger partial charge in [-0.3, -0.25) is 19.2 Å². The largest absolute Gasteiger partial charge is 0.481 e. The van der Waals surface area contributed by atoms with Crippen molar-refractivity contribution in [2.45, 2.75) is 84.0 Å². The molecule has 0 radical (unpaired) electrons. The van der Waals surface area contributed by atoms with Crippen LogP contribution < -0.4 is 21.7 Å². The second-order valence-corrected chi connectivity index (χ2v) is 9.77. The second kappa shape index (κ2) is 16.3. The van der Waals surface area contributed by atoms with Gasteiger partial charge in [-0.2, -0.15) is 11.8 Å². The Bertz CT molecular complexity index is 705.